The lowest BCUT2D eigenvalue weighted by atomic mass is 10.3. The van der Waals surface area contributed by atoms with Crippen molar-refractivity contribution in [2.45, 2.75) is 4.90 Å². The molecule has 0 spiro atoms. The number of nitrogens with zero attached hydrogens (tertiary/aromatic N) is 2. The molecule has 162 valence electrons. The second kappa shape index (κ2) is 9.25. The van der Waals surface area contributed by atoms with E-state index in [1.165, 1.54) is 48.5 Å². The van der Waals surface area contributed by atoms with Crippen molar-refractivity contribution in [2.75, 3.05) is 0 Å². The van der Waals surface area contributed by atoms with Gasteiger partial charge in [-0.3, -0.25) is 15.0 Å². The molecule has 0 aromatic heterocycles. The van der Waals surface area contributed by atoms with Crippen LogP contribution in [0.15, 0.2) is 81.8 Å². The first-order valence-electron chi connectivity index (χ1n) is 8.32. The Morgan fingerprint density at radius 2 is 1.26 bits per heavy atom. The standard InChI is InChI=1S/C18H13Cl2N2O7PS/c19-13-1-7-16(8-2-13)28-30(25,29-17-9-3-14(20)4-10-17)21-31(26,27)18-11-5-15(6-12-18)22(23)24/h1-12,25H. The third kappa shape index (κ3) is 6.19. The maximum Gasteiger partial charge on any atom is 0.479 e. The van der Waals surface area contributed by atoms with Crippen LogP contribution in [0.2, 0.25) is 10.0 Å². The zero-order chi connectivity index (χ0) is 22.6. The Balaban J connectivity index is 2.04. The van der Waals surface area contributed by atoms with Gasteiger partial charge in [-0.25, -0.2) is 0 Å². The lowest BCUT2D eigenvalue weighted by Crippen LogP contribution is -2.05. The Labute approximate surface area is 187 Å². The fourth-order valence-electron chi connectivity index (χ4n) is 2.24. The van der Waals surface area contributed by atoms with E-state index in [-0.39, 0.29) is 17.2 Å². The lowest BCUT2D eigenvalue weighted by Gasteiger charge is -2.19. The maximum absolute atomic E-state index is 12.7. The molecule has 0 amide bonds. The Bertz CT molecular complexity index is 1200. The highest BCUT2D eigenvalue weighted by molar-refractivity contribution is 7.93. The molecule has 0 heterocycles. The summed E-state index contributed by atoms with van der Waals surface area (Å²) in [6.07, 6.45) is 0. The lowest BCUT2D eigenvalue weighted by molar-refractivity contribution is -0.384. The molecular formula is C18H13Cl2N2O7PS. The summed E-state index contributed by atoms with van der Waals surface area (Å²) in [6, 6.07) is 15.4. The summed E-state index contributed by atoms with van der Waals surface area (Å²) in [4.78, 5) is 20.7. The van der Waals surface area contributed by atoms with Gasteiger partial charge in [-0.15, -0.1) is 0 Å². The molecular weight excluding hydrogens is 490 g/mol. The van der Waals surface area contributed by atoms with Gasteiger partial charge in [-0.05, 0) is 60.7 Å². The van der Waals surface area contributed by atoms with E-state index in [0.29, 0.717) is 10.0 Å². The highest BCUT2D eigenvalue weighted by Gasteiger charge is 2.29. The van der Waals surface area contributed by atoms with Gasteiger partial charge in [0.05, 0.1) is 9.82 Å². The van der Waals surface area contributed by atoms with E-state index in [0.717, 1.165) is 24.3 Å². The number of hydrogen-bond donors (Lipinski definition) is 1. The number of benzene rings is 3. The molecule has 0 saturated heterocycles. The molecule has 1 N–H and O–H groups in total. The van der Waals surface area contributed by atoms with E-state index < -0.39 is 27.6 Å². The molecule has 0 unspecified atom stereocenters. The largest absolute Gasteiger partial charge is 0.479 e. The van der Waals surface area contributed by atoms with Crippen molar-refractivity contribution in [1.82, 2.24) is 0 Å². The summed E-state index contributed by atoms with van der Waals surface area (Å²) in [5.41, 5.74) is -0.307. The second-order valence-corrected chi connectivity index (χ2v) is 10.2. The Morgan fingerprint density at radius 3 is 1.65 bits per heavy atom. The minimum atomic E-state index is -4.52. The Morgan fingerprint density at radius 1 is 0.839 bits per heavy atom. The molecule has 0 fully saturated rings. The van der Waals surface area contributed by atoms with Crippen molar-refractivity contribution in [1.29, 1.82) is 0 Å². The van der Waals surface area contributed by atoms with Gasteiger partial charge >= 0.3 is 7.74 Å². The van der Waals surface area contributed by atoms with E-state index in [9.17, 15) is 23.4 Å². The molecule has 13 heteroatoms. The minimum absolute atomic E-state index is 0.0526. The molecule has 3 aromatic rings. The highest BCUT2D eigenvalue weighted by atomic mass is 35.5. The van der Waals surface area contributed by atoms with Gasteiger partial charge in [-0.1, -0.05) is 27.4 Å². The quantitative estimate of drug-likeness (QED) is 0.249. The average molecular weight is 503 g/mol. The monoisotopic (exact) mass is 502 g/mol. The smallest absolute Gasteiger partial charge is 0.409 e. The van der Waals surface area contributed by atoms with Gasteiger partial charge < -0.3 is 9.05 Å². The molecule has 0 aliphatic carbocycles. The van der Waals surface area contributed by atoms with Crippen LogP contribution >= 0.6 is 30.9 Å². The summed E-state index contributed by atoms with van der Waals surface area (Å²) in [5, 5.41) is 11.6. The molecule has 0 bridgehead atoms. The van der Waals surface area contributed by atoms with Gasteiger partial charge in [0.25, 0.3) is 15.7 Å². The number of hydrogen-bond acceptors (Lipinski definition) is 6. The molecule has 9 nitrogen and oxygen atoms in total. The van der Waals surface area contributed by atoms with Crippen LogP contribution in [0.5, 0.6) is 11.5 Å². The highest BCUT2D eigenvalue weighted by Crippen LogP contribution is 2.49. The van der Waals surface area contributed by atoms with Crippen molar-refractivity contribution in [3.63, 3.8) is 0 Å². The van der Waals surface area contributed by atoms with Crippen LogP contribution in [0, 0.1) is 10.1 Å². The number of halogens is 2. The number of rotatable bonds is 7. The van der Waals surface area contributed by atoms with Crippen molar-refractivity contribution >= 4 is 46.6 Å². The topological polar surface area (TPSA) is 128 Å². The van der Waals surface area contributed by atoms with Crippen molar-refractivity contribution in [3.8, 4) is 11.5 Å². The van der Waals surface area contributed by atoms with Crippen molar-refractivity contribution in [2.24, 2.45) is 4.15 Å². The van der Waals surface area contributed by atoms with Crippen LogP contribution in [0.3, 0.4) is 0 Å². The van der Waals surface area contributed by atoms with Crippen molar-refractivity contribution < 1.29 is 27.3 Å². The van der Waals surface area contributed by atoms with Crippen LogP contribution in [0.4, 0.5) is 5.69 Å². The average Bonchev–Trinajstić information content (AvgIpc) is 2.71. The SMILES string of the molecule is O=[N+]([O-])c1ccc(S(=O)(=O)N=P(O)(Oc2ccc(Cl)cc2)Oc2ccc(Cl)cc2)cc1. The minimum Gasteiger partial charge on any atom is -0.409 e. The zero-order valence-corrected chi connectivity index (χ0v) is 18.6. The van der Waals surface area contributed by atoms with Gasteiger partial charge in [0.15, 0.2) is 0 Å². The van der Waals surface area contributed by atoms with Crippen molar-refractivity contribution in [3.05, 3.63) is 93.0 Å². The number of nitro benzene ring substituents is 1. The third-order valence-corrected chi connectivity index (χ3v) is 7.59. The summed E-state index contributed by atoms with van der Waals surface area (Å²) >= 11 is 11.7. The normalized spacial score (nSPS) is 11.6. The van der Waals surface area contributed by atoms with E-state index in [2.05, 4.69) is 4.15 Å². The van der Waals surface area contributed by atoms with Crippen LogP contribution < -0.4 is 9.05 Å². The first kappa shape index (κ1) is 23.1. The van der Waals surface area contributed by atoms with Crippen LogP contribution in [0.25, 0.3) is 0 Å². The molecule has 0 aliphatic rings. The molecule has 3 rings (SSSR count). The van der Waals surface area contributed by atoms with Crippen LogP contribution in [0.1, 0.15) is 0 Å². The predicted molar refractivity (Wildman–Crippen MR) is 116 cm³/mol. The Hall–Kier alpha value is -2.62. The van der Waals surface area contributed by atoms with E-state index in [1.54, 1.807) is 0 Å². The fraction of sp³-hybridized carbons (Fsp3) is 0. The second-order valence-electron chi connectivity index (χ2n) is 5.89. The van der Waals surface area contributed by atoms with E-state index in [4.69, 9.17) is 32.2 Å². The van der Waals surface area contributed by atoms with Crippen LogP contribution in [-0.4, -0.2) is 18.2 Å². The van der Waals surface area contributed by atoms with Gasteiger partial charge in [0.2, 0.25) is 0 Å². The fourth-order valence-corrected chi connectivity index (χ4v) is 5.53. The number of non-ortho nitro benzene ring substituents is 1. The van der Waals surface area contributed by atoms with E-state index in [1.807, 2.05) is 0 Å². The molecule has 0 radical (unpaired) electrons. The molecule has 0 aliphatic heterocycles. The number of nitro groups is 1. The molecule has 3 aromatic carbocycles. The third-order valence-electron chi connectivity index (χ3n) is 3.63. The molecule has 0 saturated carbocycles. The van der Waals surface area contributed by atoms with Gasteiger partial charge in [0.1, 0.15) is 11.5 Å². The summed E-state index contributed by atoms with van der Waals surface area (Å²) < 4.78 is 39.8. The predicted octanol–water partition coefficient (Wildman–Crippen LogP) is 5.69. The summed E-state index contributed by atoms with van der Waals surface area (Å²) in [6.45, 7) is 0. The van der Waals surface area contributed by atoms with Gasteiger partial charge in [-0.2, -0.15) is 8.42 Å². The summed E-state index contributed by atoms with van der Waals surface area (Å²) in [5.74, 6) is 0.105. The maximum atomic E-state index is 12.7. The first-order valence-corrected chi connectivity index (χ1v) is 12.1. The molecule has 31 heavy (non-hydrogen) atoms. The van der Waals surface area contributed by atoms with Gasteiger partial charge in [0, 0.05) is 22.2 Å². The summed E-state index contributed by atoms with van der Waals surface area (Å²) in [7, 11) is -8.96. The first-order chi connectivity index (χ1) is 14.6. The molecule has 0 atom stereocenters. The van der Waals surface area contributed by atoms with E-state index >= 15 is 0 Å². The van der Waals surface area contributed by atoms with Crippen LogP contribution in [-0.2, 0) is 10.0 Å². The zero-order valence-electron chi connectivity index (χ0n) is 15.3. The Kier molecular flexibility index (Phi) is 6.88. The number of sulfonamides is 1.